The van der Waals surface area contributed by atoms with Crippen LogP contribution in [0.25, 0.3) is 0 Å². The number of nitrogens with zero attached hydrogens (tertiary/aromatic N) is 2. The highest BCUT2D eigenvalue weighted by Gasteiger charge is 2.33. The van der Waals surface area contributed by atoms with Crippen molar-refractivity contribution in [3.05, 3.63) is 64.4 Å². The Morgan fingerprint density at radius 2 is 1.71 bits per heavy atom. The molecule has 1 amide bonds. The molecule has 0 aromatic heterocycles. The summed E-state index contributed by atoms with van der Waals surface area (Å²) in [5, 5.41) is 0.549. The number of amides is 1. The number of hydrogen-bond acceptors (Lipinski definition) is 4. The molecule has 9 heteroatoms. The smallest absolute Gasteiger partial charge is 0.243 e. The Bertz CT molecular complexity index is 974. The van der Waals surface area contributed by atoms with E-state index in [1.54, 1.807) is 31.2 Å². The van der Waals surface area contributed by atoms with Crippen molar-refractivity contribution in [2.24, 2.45) is 5.73 Å². The maximum Gasteiger partial charge on any atom is 0.243 e. The van der Waals surface area contributed by atoms with E-state index >= 15 is 0 Å². The predicted molar refractivity (Wildman–Crippen MR) is 105 cm³/mol. The van der Waals surface area contributed by atoms with E-state index in [1.807, 2.05) is 4.90 Å². The van der Waals surface area contributed by atoms with Gasteiger partial charge < -0.3 is 5.73 Å². The summed E-state index contributed by atoms with van der Waals surface area (Å²) in [6.07, 6.45) is 0. The second kappa shape index (κ2) is 8.16. The van der Waals surface area contributed by atoms with E-state index in [2.05, 4.69) is 0 Å². The fourth-order valence-corrected chi connectivity index (χ4v) is 4.85. The molecule has 1 saturated heterocycles. The number of aryl methyl sites for hydroxylation is 1. The van der Waals surface area contributed by atoms with Crippen molar-refractivity contribution in [2.45, 2.75) is 17.9 Å². The number of sulfonamides is 1. The van der Waals surface area contributed by atoms with Gasteiger partial charge >= 0.3 is 0 Å². The van der Waals surface area contributed by atoms with Crippen LogP contribution in [0.1, 0.15) is 17.2 Å². The van der Waals surface area contributed by atoms with Crippen molar-refractivity contribution < 1.29 is 17.6 Å². The topological polar surface area (TPSA) is 83.7 Å². The van der Waals surface area contributed by atoms with E-state index in [0.717, 1.165) is 6.07 Å². The Morgan fingerprint density at radius 1 is 1.11 bits per heavy atom. The van der Waals surface area contributed by atoms with Crippen LogP contribution in [-0.4, -0.2) is 49.7 Å². The second-order valence-electron chi connectivity index (χ2n) is 6.71. The van der Waals surface area contributed by atoms with Gasteiger partial charge in [0, 0.05) is 31.2 Å². The average Bonchev–Trinajstić information content (AvgIpc) is 2.66. The fourth-order valence-electron chi connectivity index (χ4n) is 3.29. The van der Waals surface area contributed by atoms with Crippen LogP contribution in [0.4, 0.5) is 4.39 Å². The second-order valence-corrected chi connectivity index (χ2v) is 9.08. The minimum atomic E-state index is -3.81. The van der Waals surface area contributed by atoms with E-state index in [4.69, 9.17) is 17.3 Å². The van der Waals surface area contributed by atoms with E-state index in [1.165, 1.54) is 16.4 Å². The molecule has 150 valence electrons. The van der Waals surface area contributed by atoms with Crippen molar-refractivity contribution in [1.29, 1.82) is 0 Å². The number of piperazine rings is 1. The molecule has 0 bridgehead atoms. The number of rotatable bonds is 5. The van der Waals surface area contributed by atoms with Crippen molar-refractivity contribution in [2.75, 3.05) is 26.2 Å². The molecule has 1 aliphatic heterocycles. The summed E-state index contributed by atoms with van der Waals surface area (Å²) in [5.41, 5.74) is 6.68. The molecule has 2 aromatic carbocycles. The van der Waals surface area contributed by atoms with E-state index in [-0.39, 0.29) is 18.0 Å². The van der Waals surface area contributed by atoms with E-state index in [0.29, 0.717) is 29.2 Å². The standard InChI is InChI=1S/C19H21ClFN3O3S/c1-13-2-7-16(12-17(13)21)28(26,27)24-10-8-23(9-11-24)18(19(22)25)14-3-5-15(20)6-4-14/h2-7,12,18H,8-11H2,1H3,(H2,22,25). The average molecular weight is 426 g/mol. The first-order valence-corrected chi connectivity index (χ1v) is 10.6. The van der Waals surface area contributed by atoms with Crippen LogP contribution in [0.5, 0.6) is 0 Å². The van der Waals surface area contributed by atoms with Gasteiger partial charge in [-0.25, -0.2) is 12.8 Å². The number of carbonyl (C=O) groups is 1. The summed E-state index contributed by atoms with van der Waals surface area (Å²) in [4.78, 5) is 13.8. The van der Waals surface area contributed by atoms with Gasteiger partial charge in [-0.2, -0.15) is 4.31 Å². The number of hydrogen-bond donors (Lipinski definition) is 1. The molecule has 0 spiro atoms. The SMILES string of the molecule is Cc1ccc(S(=O)(=O)N2CCN(C(C(N)=O)c3ccc(Cl)cc3)CC2)cc1F. The number of halogens is 2. The Kier molecular flexibility index (Phi) is 6.04. The predicted octanol–water partition coefficient (Wildman–Crippen LogP) is 2.32. The molecular weight excluding hydrogens is 405 g/mol. The maximum atomic E-state index is 13.8. The van der Waals surface area contributed by atoms with Crippen LogP contribution in [0.15, 0.2) is 47.4 Å². The van der Waals surface area contributed by atoms with Gasteiger partial charge in [0.25, 0.3) is 0 Å². The number of carbonyl (C=O) groups excluding carboxylic acids is 1. The first-order chi connectivity index (χ1) is 13.2. The minimum Gasteiger partial charge on any atom is -0.368 e. The first-order valence-electron chi connectivity index (χ1n) is 8.75. The molecule has 0 saturated carbocycles. The Hall–Kier alpha value is -2.00. The minimum absolute atomic E-state index is 0.0757. The highest BCUT2D eigenvalue weighted by atomic mass is 35.5. The molecule has 2 aromatic rings. The third-order valence-corrected chi connectivity index (χ3v) is 7.02. The van der Waals surface area contributed by atoms with Gasteiger partial charge in [-0.05, 0) is 42.3 Å². The molecule has 1 aliphatic rings. The van der Waals surface area contributed by atoms with Crippen molar-refractivity contribution in [3.63, 3.8) is 0 Å². The summed E-state index contributed by atoms with van der Waals surface area (Å²) in [6, 6.07) is 10.0. The van der Waals surface area contributed by atoms with Gasteiger partial charge in [0.05, 0.1) is 4.90 Å². The normalized spacial score (nSPS) is 17.4. The molecule has 0 aliphatic carbocycles. The van der Waals surface area contributed by atoms with Crippen molar-refractivity contribution >= 4 is 27.5 Å². The molecule has 6 nitrogen and oxygen atoms in total. The fraction of sp³-hybridized carbons (Fsp3) is 0.316. The van der Waals surface area contributed by atoms with Crippen LogP contribution in [0.2, 0.25) is 5.02 Å². The summed E-state index contributed by atoms with van der Waals surface area (Å²) in [6.45, 7) is 2.57. The van der Waals surface area contributed by atoms with Gasteiger partial charge in [-0.3, -0.25) is 9.69 Å². The lowest BCUT2D eigenvalue weighted by molar-refractivity contribution is -0.124. The summed E-state index contributed by atoms with van der Waals surface area (Å²) < 4.78 is 40.7. The Morgan fingerprint density at radius 3 is 2.25 bits per heavy atom. The molecule has 0 radical (unpaired) electrons. The molecule has 1 unspecified atom stereocenters. The quantitative estimate of drug-likeness (QED) is 0.796. The van der Waals surface area contributed by atoms with Crippen LogP contribution >= 0.6 is 11.6 Å². The van der Waals surface area contributed by atoms with Crippen LogP contribution in [-0.2, 0) is 14.8 Å². The first kappa shape index (κ1) is 20.7. The van der Waals surface area contributed by atoms with Crippen LogP contribution in [0, 0.1) is 12.7 Å². The van der Waals surface area contributed by atoms with Crippen LogP contribution < -0.4 is 5.73 Å². The highest BCUT2D eigenvalue weighted by molar-refractivity contribution is 7.89. The molecule has 1 heterocycles. The number of primary amides is 1. The highest BCUT2D eigenvalue weighted by Crippen LogP contribution is 2.26. The van der Waals surface area contributed by atoms with Crippen molar-refractivity contribution in [1.82, 2.24) is 9.21 Å². The van der Waals surface area contributed by atoms with Gasteiger partial charge in [-0.1, -0.05) is 29.8 Å². The number of nitrogens with two attached hydrogens (primary N) is 1. The zero-order valence-electron chi connectivity index (χ0n) is 15.3. The third-order valence-electron chi connectivity index (χ3n) is 4.87. The number of benzene rings is 2. The van der Waals surface area contributed by atoms with E-state index in [9.17, 15) is 17.6 Å². The summed E-state index contributed by atoms with van der Waals surface area (Å²) in [7, 11) is -3.81. The zero-order chi connectivity index (χ0) is 20.5. The molecule has 1 fully saturated rings. The van der Waals surface area contributed by atoms with Gasteiger partial charge in [0.1, 0.15) is 11.9 Å². The van der Waals surface area contributed by atoms with Crippen molar-refractivity contribution in [3.8, 4) is 0 Å². The van der Waals surface area contributed by atoms with E-state index < -0.39 is 27.8 Å². The molecule has 1 atom stereocenters. The molecule has 3 rings (SSSR count). The lowest BCUT2D eigenvalue weighted by Gasteiger charge is -2.37. The largest absolute Gasteiger partial charge is 0.368 e. The lowest BCUT2D eigenvalue weighted by atomic mass is 10.0. The van der Waals surface area contributed by atoms with Gasteiger partial charge in [0.2, 0.25) is 15.9 Å². The monoisotopic (exact) mass is 425 g/mol. The maximum absolute atomic E-state index is 13.8. The van der Waals surface area contributed by atoms with Gasteiger partial charge in [0.15, 0.2) is 0 Å². The third kappa shape index (κ3) is 4.20. The Balaban J connectivity index is 1.76. The van der Waals surface area contributed by atoms with Crippen LogP contribution in [0.3, 0.4) is 0 Å². The molecular formula is C19H21ClFN3O3S. The molecule has 28 heavy (non-hydrogen) atoms. The summed E-state index contributed by atoms with van der Waals surface area (Å²) >= 11 is 5.90. The van der Waals surface area contributed by atoms with Gasteiger partial charge in [-0.15, -0.1) is 0 Å². The Labute approximate surface area is 168 Å². The lowest BCUT2D eigenvalue weighted by Crippen LogP contribution is -2.51. The zero-order valence-corrected chi connectivity index (χ0v) is 16.9. The molecule has 2 N–H and O–H groups in total. The summed E-state index contributed by atoms with van der Waals surface area (Å²) in [5.74, 6) is -1.07.